The van der Waals surface area contributed by atoms with Crippen molar-refractivity contribution >= 4 is 23.8 Å². The molecule has 2 N–H and O–H groups in total. The van der Waals surface area contributed by atoms with E-state index in [2.05, 4.69) is 17.7 Å². The number of carbonyl (C=O) groups is 4. The molecule has 4 amide bonds. The van der Waals surface area contributed by atoms with Gasteiger partial charge in [-0.15, -0.1) is 0 Å². The molecule has 1 saturated heterocycles. The van der Waals surface area contributed by atoms with Gasteiger partial charge in [0.15, 0.2) is 6.61 Å². The van der Waals surface area contributed by atoms with E-state index in [1.165, 1.54) is 26.4 Å². The van der Waals surface area contributed by atoms with Gasteiger partial charge >= 0.3 is 12.0 Å². The van der Waals surface area contributed by atoms with Crippen LogP contribution in [0.25, 0.3) is 0 Å². The summed E-state index contributed by atoms with van der Waals surface area (Å²) in [5, 5.41) is 3.36. The number of esters is 1. The fourth-order valence-electron chi connectivity index (χ4n) is 3.65. The van der Waals surface area contributed by atoms with E-state index >= 15 is 0 Å². The number of nitrogens with zero attached hydrogens (tertiary/aromatic N) is 1. The minimum absolute atomic E-state index is 0.108. The Hall–Kier alpha value is -3.30. The minimum atomic E-state index is -0.968. The summed E-state index contributed by atoms with van der Waals surface area (Å²) in [6, 6.07) is 3.82. The van der Waals surface area contributed by atoms with Crippen molar-refractivity contribution in [3.8, 4) is 11.5 Å². The molecule has 2 aliphatic rings. The topological polar surface area (TPSA) is 123 Å². The lowest BCUT2D eigenvalue weighted by atomic mass is 9.77. The highest BCUT2D eigenvalue weighted by molar-refractivity contribution is 6.08. The van der Waals surface area contributed by atoms with Crippen molar-refractivity contribution in [1.82, 2.24) is 15.8 Å². The molecule has 0 unspecified atom stereocenters. The van der Waals surface area contributed by atoms with Gasteiger partial charge in [0, 0.05) is 6.07 Å². The summed E-state index contributed by atoms with van der Waals surface area (Å²) >= 11 is 0. The third-order valence-corrected chi connectivity index (χ3v) is 5.49. The van der Waals surface area contributed by atoms with Crippen molar-refractivity contribution in [3.63, 3.8) is 0 Å². The minimum Gasteiger partial charge on any atom is -0.497 e. The number of urea groups is 1. The highest BCUT2D eigenvalue weighted by atomic mass is 16.5. The molecule has 0 radical (unpaired) electrons. The van der Waals surface area contributed by atoms with Crippen molar-refractivity contribution in [3.05, 3.63) is 23.8 Å². The molecule has 30 heavy (non-hydrogen) atoms. The quantitative estimate of drug-likeness (QED) is 0.528. The molecule has 1 saturated carbocycles. The average molecular weight is 419 g/mol. The highest BCUT2D eigenvalue weighted by Gasteiger charge is 2.52. The predicted molar refractivity (Wildman–Crippen MR) is 104 cm³/mol. The number of hydrogen-bond acceptors (Lipinski definition) is 7. The molecule has 1 aromatic carbocycles. The van der Waals surface area contributed by atoms with Gasteiger partial charge in [0.25, 0.3) is 11.8 Å². The van der Waals surface area contributed by atoms with E-state index < -0.39 is 36.0 Å². The van der Waals surface area contributed by atoms with Crippen LogP contribution in [0.2, 0.25) is 0 Å². The average Bonchev–Trinajstić information content (AvgIpc) is 2.97. The zero-order valence-corrected chi connectivity index (χ0v) is 17.1. The zero-order chi connectivity index (χ0) is 21.9. The molecule has 10 nitrogen and oxygen atoms in total. The SMILES string of the molecule is COc1ccc(C(=O)OCC(=O)NN2C(=O)NC3(CCC(C)CC3)C2=O)c(OC)c1. The summed E-state index contributed by atoms with van der Waals surface area (Å²) in [7, 11) is 2.86. The van der Waals surface area contributed by atoms with Gasteiger partial charge in [-0.3, -0.25) is 15.0 Å². The maximum absolute atomic E-state index is 12.7. The maximum Gasteiger partial charge on any atom is 0.344 e. The van der Waals surface area contributed by atoms with E-state index in [1.807, 2.05) is 0 Å². The van der Waals surface area contributed by atoms with Gasteiger partial charge < -0.3 is 19.5 Å². The summed E-state index contributed by atoms with van der Waals surface area (Å²) in [6.45, 7) is 1.43. The molecular weight excluding hydrogens is 394 g/mol. The third-order valence-electron chi connectivity index (χ3n) is 5.49. The number of benzene rings is 1. The first-order chi connectivity index (χ1) is 14.3. The number of amides is 4. The Morgan fingerprint density at radius 1 is 1.20 bits per heavy atom. The van der Waals surface area contributed by atoms with Crippen LogP contribution < -0.4 is 20.2 Å². The summed E-state index contributed by atoms with van der Waals surface area (Å²) < 4.78 is 15.2. The predicted octanol–water partition coefficient (Wildman–Crippen LogP) is 1.39. The molecule has 10 heteroatoms. The number of carbonyl (C=O) groups excluding carboxylic acids is 4. The molecular formula is C20H25N3O7. The summed E-state index contributed by atoms with van der Waals surface area (Å²) in [5.41, 5.74) is 1.36. The van der Waals surface area contributed by atoms with Crippen molar-refractivity contribution in [1.29, 1.82) is 0 Å². The zero-order valence-electron chi connectivity index (χ0n) is 17.1. The Labute approximate surface area is 173 Å². The van der Waals surface area contributed by atoms with Gasteiger partial charge in [0.05, 0.1) is 14.2 Å². The fraction of sp³-hybridized carbons (Fsp3) is 0.500. The van der Waals surface area contributed by atoms with Gasteiger partial charge in [-0.1, -0.05) is 6.92 Å². The van der Waals surface area contributed by atoms with Gasteiger partial charge in [0.1, 0.15) is 22.6 Å². The number of hydrogen-bond donors (Lipinski definition) is 2. The smallest absolute Gasteiger partial charge is 0.344 e. The van der Waals surface area contributed by atoms with Crippen LogP contribution in [0.3, 0.4) is 0 Å². The Kier molecular flexibility index (Phi) is 6.14. The Morgan fingerprint density at radius 3 is 2.53 bits per heavy atom. The van der Waals surface area contributed by atoms with E-state index in [9.17, 15) is 19.2 Å². The number of methoxy groups -OCH3 is 2. The van der Waals surface area contributed by atoms with Gasteiger partial charge in [-0.2, -0.15) is 5.01 Å². The lowest BCUT2D eigenvalue weighted by Crippen LogP contribution is -2.52. The van der Waals surface area contributed by atoms with Crippen molar-refractivity contribution < 1.29 is 33.4 Å². The van der Waals surface area contributed by atoms with Crippen LogP contribution >= 0.6 is 0 Å². The molecule has 3 rings (SSSR count). The lowest BCUT2D eigenvalue weighted by Gasteiger charge is -2.33. The Balaban J connectivity index is 1.58. The summed E-state index contributed by atoms with van der Waals surface area (Å²) in [5.74, 6) is -0.887. The monoisotopic (exact) mass is 419 g/mol. The largest absolute Gasteiger partial charge is 0.497 e. The van der Waals surface area contributed by atoms with E-state index in [4.69, 9.17) is 14.2 Å². The van der Waals surface area contributed by atoms with Crippen LogP contribution in [-0.4, -0.2) is 55.2 Å². The first kappa shape index (κ1) is 21.4. The molecule has 2 fully saturated rings. The summed E-state index contributed by atoms with van der Waals surface area (Å²) in [6.07, 6.45) is 2.68. The lowest BCUT2D eigenvalue weighted by molar-refractivity contribution is -0.141. The fourth-order valence-corrected chi connectivity index (χ4v) is 3.65. The molecule has 162 valence electrons. The first-order valence-corrected chi connectivity index (χ1v) is 9.65. The summed E-state index contributed by atoms with van der Waals surface area (Å²) in [4.78, 5) is 49.4. The molecule has 1 aromatic rings. The maximum atomic E-state index is 12.7. The second-order valence-electron chi connectivity index (χ2n) is 7.51. The van der Waals surface area contributed by atoms with Crippen LogP contribution in [0.5, 0.6) is 11.5 Å². The van der Waals surface area contributed by atoms with Crippen LogP contribution in [-0.2, 0) is 14.3 Å². The molecule has 0 aromatic heterocycles. The number of rotatable bonds is 6. The standard InChI is InChI=1S/C20H25N3O7/c1-12-6-8-20(9-7-12)18(26)23(19(27)21-20)22-16(24)11-30-17(25)14-5-4-13(28-2)10-15(14)29-3/h4-5,10,12H,6-9,11H2,1-3H3,(H,21,27)(H,22,24). The number of ether oxygens (including phenoxy) is 3. The van der Waals surface area contributed by atoms with E-state index in [-0.39, 0.29) is 11.3 Å². The second-order valence-corrected chi connectivity index (χ2v) is 7.51. The first-order valence-electron chi connectivity index (χ1n) is 9.65. The molecule has 0 atom stereocenters. The number of hydrazine groups is 1. The van der Waals surface area contributed by atoms with Crippen LogP contribution in [0.4, 0.5) is 4.79 Å². The second kappa shape index (κ2) is 8.60. The van der Waals surface area contributed by atoms with Crippen LogP contribution in [0, 0.1) is 5.92 Å². The van der Waals surface area contributed by atoms with E-state index in [0.29, 0.717) is 29.5 Å². The third kappa shape index (κ3) is 4.17. The Bertz CT molecular complexity index is 862. The molecule has 1 aliphatic heterocycles. The van der Waals surface area contributed by atoms with Crippen molar-refractivity contribution in [2.24, 2.45) is 5.92 Å². The van der Waals surface area contributed by atoms with Crippen molar-refractivity contribution in [2.75, 3.05) is 20.8 Å². The molecule has 1 aliphatic carbocycles. The van der Waals surface area contributed by atoms with E-state index in [0.717, 1.165) is 12.8 Å². The number of imide groups is 1. The highest BCUT2D eigenvalue weighted by Crippen LogP contribution is 2.35. The molecule has 1 spiro atoms. The molecule has 0 bridgehead atoms. The van der Waals surface area contributed by atoms with Gasteiger partial charge in [-0.25, -0.2) is 9.59 Å². The Morgan fingerprint density at radius 2 is 1.90 bits per heavy atom. The van der Waals surface area contributed by atoms with Crippen LogP contribution in [0.1, 0.15) is 43.0 Å². The van der Waals surface area contributed by atoms with Gasteiger partial charge in [0.2, 0.25) is 0 Å². The van der Waals surface area contributed by atoms with Crippen molar-refractivity contribution in [2.45, 2.75) is 38.1 Å². The van der Waals surface area contributed by atoms with E-state index in [1.54, 1.807) is 6.07 Å². The number of nitrogens with one attached hydrogen (secondary N) is 2. The van der Waals surface area contributed by atoms with Gasteiger partial charge in [-0.05, 0) is 43.7 Å². The normalized spacial score (nSPS) is 23.2. The van der Waals surface area contributed by atoms with Crippen LogP contribution in [0.15, 0.2) is 18.2 Å². The molecule has 1 heterocycles.